The first kappa shape index (κ1) is 35.9. The van der Waals surface area contributed by atoms with Gasteiger partial charge in [0.05, 0.1) is 6.04 Å². The van der Waals surface area contributed by atoms with Gasteiger partial charge in [-0.15, -0.1) is 0 Å². The zero-order valence-electron chi connectivity index (χ0n) is 28.8. The van der Waals surface area contributed by atoms with E-state index in [4.69, 9.17) is 10.5 Å². The fourth-order valence-corrected chi connectivity index (χ4v) is 6.68. The molecule has 1 saturated heterocycles. The van der Waals surface area contributed by atoms with E-state index < -0.39 is 64.6 Å². The van der Waals surface area contributed by atoms with Gasteiger partial charge in [-0.3, -0.25) is 19.2 Å². The Hall–Kier alpha value is -3.96. The van der Waals surface area contributed by atoms with E-state index in [1.807, 2.05) is 44.2 Å². The van der Waals surface area contributed by atoms with Crippen molar-refractivity contribution in [2.24, 2.45) is 40.2 Å². The molecule has 3 aliphatic rings. The van der Waals surface area contributed by atoms with E-state index in [2.05, 4.69) is 16.0 Å². The highest BCUT2D eigenvalue weighted by Gasteiger charge is 2.70. The number of rotatable bonds is 13. The number of nitrogens with one attached hydrogen (secondary N) is 3. The molecule has 0 radical (unpaired) electrons. The summed E-state index contributed by atoms with van der Waals surface area (Å²) in [4.78, 5) is 80.8. The van der Waals surface area contributed by atoms with Gasteiger partial charge in [-0.2, -0.15) is 0 Å². The predicted molar refractivity (Wildman–Crippen MR) is 174 cm³/mol. The number of nitrogens with zero attached hydrogens (tertiary/aromatic N) is 1. The Labute approximate surface area is 277 Å². The van der Waals surface area contributed by atoms with Crippen molar-refractivity contribution < 1.29 is 33.5 Å². The second kappa shape index (κ2) is 13.3. The molecule has 1 heterocycles. The Balaban J connectivity index is 1.51. The SMILES string of the molecule is CC(C)[C@](C)(NC(=O)N[C@H](C(=O)N1C[C@H]2C([C@H]1C(=O)NC(CC1CC1)C(=O)C(N)=O)C2(C)C)C(C)(C)C)C(=O)OCc1ccccc1. The van der Waals surface area contributed by atoms with Crippen LogP contribution < -0.4 is 21.7 Å². The summed E-state index contributed by atoms with van der Waals surface area (Å²) in [5.74, 6) is -3.77. The first-order valence-electron chi connectivity index (χ1n) is 16.5. The van der Waals surface area contributed by atoms with Crippen LogP contribution in [0.3, 0.4) is 0 Å². The number of carbonyl (C=O) groups excluding carboxylic acids is 6. The minimum Gasteiger partial charge on any atom is -0.459 e. The lowest BCUT2D eigenvalue weighted by Gasteiger charge is -2.39. The van der Waals surface area contributed by atoms with Crippen molar-refractivity contribution in [3.63, 3.8) is 0 Å². The number of fused-ring (bicyclic) bond motifs is 1. The van der Waals surface area contributed by atoms with E-state index in [-0.39, 0.29) is 35.7 Å². The number of ether oxygens (including phenoxy) is 1. The van der Waals surface area contributed by atoms with Gasteiger partial charge in [-0.25, -0.2) is 9.59 Å². The van der Waals surface area contributed by atoms with Gasteiger partial charge in [0.15, 0.2) is 0 Å². The molecule has 0 aromatic heterocycles. The zero-order chi connectivity index (χ0) is 35.1. The number of likely N-dealkylation sites (tertiary alicyclic amines) is 1. The number of hydrogen-bond acceptors (Lipinski definition) is 7. The van der Waals surface area contributed by atoms with Crippen LogP contribution in [0, 0.1) is 34.5 Å². The van der Waals surface area contributed by atoms with Gasteiger partial charge < -0.3 is 31.3 Å². The number of ketones is 1. The van der Waals surface area contributed by atoms with Crippen LogP contribution in [-0.2, 0) is 35.3 Å². The third kappa shape index (κ3) is 7.79. The molecule has 0 bridgehead atoms. The lowest BCUT2D eigenvalue weighted by Crippen LogP contribution is -2.64. The minimum absolute atomic E-state index is 0.0397. The second-order valence-corrected chi connectivity index (χ2v) is 15.7. The summed E-state index contributed by atoms with van der Waals surface area (Å²) in [5.41, 5.74) is 3.70. The van der Waals surface area contributed by atoms with Crippen LogP contribution >= 0.6 is 0 Å². The summed E-state index contributed by atoms with van der Waals surface area (Å²) in [6.07, 6.45) is 2.14. The maximum Gasteiger partial charge on any atom is 0.332 e. The zero-order valence-corrected chi connectivity index (χ0v) is 28.8. The summed E-state index contributed by atoms with van der Waals surface area (Å²) in [6.45, 7) is 15.0. The van der Waals surface area contributed by atoms with Gasteiger partial charge in [0.1, 0.15) is 24.2 Å². The Morgan fingerprint density at radius 3 is 2.15 bits per heavy atom. The minimum atomic E-state index is -1.41. The first-order chi connectivity index (χ1) is 21.8. The molecule has 1 aromatic carbocycles. The van der Waals surface area contributed by atoms with Crippen LogP contribution in [-0.4, -0.2) is 70.6 Å². The van der Waals surface area contributed by atoms with Crippen LogP contribution in [0.1, 0.15) is 80.2 Å². The number of benzene rings is 1. The molecule has 1 aromatic rings. The lowest BCUT2D eigenvalue weighted by molar-refractivity contribution is -0.153. The number of amides is 5. The molecule has 5 amide bonds. The number of piperidine rings is 1. The van der Waals surface area contributed by atoms with Crippen molar-refractivity contribution in [1.29, 1.82) is 0 Å². The van der Waals surface area contributed by atoms with E-state index in [1.54, 1.807) is 41.5 Å². The number of carbonyl (C=O) groups is 6. The number of primary amides is 1. The van der Waals surface area contributed by atoms with Gasteiger partial charge in [0.25, 0.3) is 5.91 Å². The highest BCUT2D eigenvalue weighted by atomic mass is 16.5. The van der Waals surface area contributed by atoms with E-state index in [0.717, 1.165) is 18.4 Å². The van der Waals surface area contributed by atoms with Crippen LogP contribution in [0.5, 0.6) is 0 Å². The highest BCUT2D eigenvalue weighted by Crippen LogP contribution is 2.65. The standard InChI is InChI=1S/C35H51N5O7/c1-19(2)35(8,31(45)47-18-21-12-10-9-11-13-21)39-32(46)38-27(33(3,4)5)30(44)40-17-22-24(34(22,6)7)25(40)29(43)37-23(16-20-14-15-20)26(41)28(36)42/h9-13,19-20,22-25,27H,14-18H2,1-8H3,(H2,36,42)(H,37,43)(H2,38,39,46)/t22-,23?,24?,25-,27+,35-/m0/s1. The smallest absolute Gasteiger partial charge is 0.332 e. The van der Waals surface area contributed by atoms with E-state index in [1.165, 1.54) is 4.90 Å². The number of Topliss-reactive ketones (excluding diaryl/α,β-unsaturated/α-hetero) is 1. The molecule has 2 unspecified atom stereocenters. The summed E-state index contributed by atoms with van der Waals surface area (Å²) in [5, 5.41) is 8.31. The summed E-state index contributed by atoms with van der Waals surface area (Å²) < 4.78 is 5.57. The Kier molecular flexibility index (Phi) is 10.1. The fourth-order valence-electron chi connectivity index (χ4n) is 6.68. The number of hydrogen-bond donors (Lipinski definition) is 4. The quantitative estimate of drug-likeness (QED) is 0.187. The average molecular weight is 654 g/mol. The molecule has 3 fully saturated rings. The van der Waals surface area contributed by atoms with E-state index in [0.29, 0.717) is 13.0 Å². The van der Waals surface area contributed by atoms with Crippen LogP contribution in [0.2, 0.25) is 0 Å². The molecule has 12 nitrogen and oxygen atoms in total. The molecule has 1 aliphatic heterocycles. The van der Waals surface area contributed by atoms with Crippen molar-refractivity contribution >= 4 is 35.5 Å². The summed E-state index contributed by atoms with van der Waals surface area (Å²) in [6, 6.07) is 5.46. The van der Waals surface area contributed by atoms with Gasteiger partial charge in [-0.1, -0.05) is 91.6 Å². The number of nitrogens with two attached hydrogens (primary N) is 1. The summed E-state index contributed by atoms with van der Waals surface area (Å²) in [7, 11) is 0. The molecule has 0 spiro atoms. The van der Waals surface area contributed by atoms with Gasteiger partial charge in [-0.05, 0) is 53.4 Å². The maximum atomic E-state index is 14.3. The van der Waals surface area contributed by atoms with Crippen molar-refractivity contribution in [3.05, 3.63) is 35.9 Å². The predicted octanol–water partition coefficient (Wildman–Crippen LogP) is 2.68. The van der Waals surface area contributed by atoms with Crippen molar-refractivity contribution in [1.82, 2.24) is 20.9 Å². The second-order valence-electron chi connectivity index (χ2n) is 15.7. The normalized spacial score (nSPS) is 23.9. The molecule has 2 aliphatic carbocycles. The Morgan fingerprint density at radius 1 is 1.00 bits per heavy atom. The monoisotopic (exact) mass is 653 g/mol. The average Bonchev–Trinajstić information content (AvgIpc) is 3.84. The molecule has 2 saturated carbocycles. The van der Waals surface area contributed by atoms with Gasteiger partial charge >= 0.3 is 12.0 Å². The largest absolute Gasteiger partial charge is 0.459 e. The van der Waals surface area contributed by atoms with Crippen LogP contribution in [0.15, 0.2) is 30.3 Å². The Bertz CT molecular complexity index is 1400. The van der Waals surface area contributed by atoms with E-state index >= 15 is 0 Å². The third-order valence-corrected chi connectivity index (χ3v) is 10.5. The van der Waals surface area contributed by atoms with Crippen LogP contribution in [0.4, 0.5) is 4.79 Å². The first-order valence-corrected chi connectivity index (χ1v) is 16.5. The molecular formula is C35H51N5O7. The maximum absolute atomic E-state index is 14.3. The molecule has 6 atom stereocenters. The van der Waals surface area contributed by atoms with Crippen LogP contribution in [0.25, 0.3) is 0 Å². The van der Waals surface area contributed by atoms with E-state index in [9.17, 15) is 28.8 Å². The van der Waals surface area contributed by atoms with Crippen molar-refractivity contribution in [2.45, 2.75) is 105 Å². The van der Waals surface area contributed by atoms with Crippen molar-refractivity contribution in [3.8, 4) is 0 Å². The van der Waals surface area contributed by atoms with Gasteiger partial charge in [0.2, 0.25) is 17.6 Å². The topological polar surface area (TPSA) is 177 Å². The molecule has 258 valence electrons. The molecule has 4 rings (SSSR count). The lowest BCUT2D eigenvalue weighted by atomic mass is 9.85. The molecular weight excluding hydrogens is 602 g/mol. The number of urea groups is 1. The summed E-state index contributed by atoms with van der Waals surface area (Å²) >= 11 is 0. The van der Waals surface area contributed by atoms with Crippen molar-refractivity contribution in [2.75, 3.05) is 6.54 Å². The highest BCUT2D eigenvalue weighted by molar-refractivity contribution is 6.37. The number of esters is 1. The molecule has 12 heteroatoms. The molecule has 5 N–H and O–H groups in total. The fraction of sp³-hybridized carbons (Fsp3) is 0.657. The van der Waals surface area contributed by atoms with Gasteiger partial charge in [0, 0.05) is 6.54 Å². The molecule has 47 heavy (non-hydrogen) atoms. The third-order valence-electron chi connectivity index (χ3n) is 10.5. The Morgan fingerprint density at radius 2 is 1.62 bits per heavy atom.